The second-order valence-corrected chi connectivity index (χ2v) is 4.74. The molecule has 15 heavy (non-hydrogen) atoms. The number of nitrogens with zero attached hydrogens (tertiary/aromatic N) is 2. The number of pyridine rings is 1. The van der Waals surface area contributed by atoms with Gasteiger partial charge >= 0.3 is 0 Å². The van der Waals surface area contributed by atoms with Crippen molar-refractivity contribution in [3.8, 4) is 0 Å². The van der Waals surface area contributed by atoms with Gasteiger partial charge < -0.3 is 10.1 Å². The Kier molecular flexibility index (Phi) is 2.49. The summed E-state index contributed by atoms with van der Waals surface area (Å²) in [4.78, 5) is 4.55. The van der Waals surface area contributed by atoms with Crippen molar-refractivity contribution in [1.82, 2.24) is 9.38 Å². The maximum absolute atomic E-state index is 5.71. The number of rotatable bonds is 3. The molecule has 0 fully saturated rings. The van der Waals surface area contributed by atoms with Crippen molar-refractivity contribution in [2.45, 2.75) is 20.3 Å². The summed E-state index contributed by atoms with van der Waals surface area (Å²) in [6, 6.07) is 6.02. The van der Waals surface area contributed by atoms with Crippen molar-refractivity contribution in [3.63, 3.8) is 0 Å². The highest BCUT2D eigenvalue weighted by atomic mass is 15.0. The molecule has 0 aliphatic carbocycles. The van der Waals surface area contributed by atoms with Crippen LogP contribution >= 0.6 is 0 Å². The minimum atomic E-state index is 0.123. The SMILES string of the molecule is CC(C)(CN)Cc1cn2ccccc2n1. The molecule has 2 aromatic rings. The third kappa shape index (κ3) is 2.18. The van der Waals surface area contributed by atoms with Crippen LogP contribution in [-0.2, 0) is 6.42 Å². The first-order valence-electron chi connectivity index (χ1n) is 5.23. The van der Waals surface area contributed by atoms with E-state index in [1.54, 1.807) is 0 Å². The van der Waals surface area contributed by atoms with Crippen LogP contribution in [0.4, 0.5) is 0 Å². The van der Waals surface area contributed by atoms with Gasteiger partial charge in [-0.1, -0.05) is 19.9 Å². The second kappa shape index (κ2) is 3.66. The highest BCUT2D eigenvalue weighted by molar-refractivity contribution is 5.39. The molecule has 0 bridgehead atoms. The molecule has 2 rings (SSSR count). The van der Waals surface area contributed by atoms with E-state index in [2.05, 4.69) is 25.0 Å². The molecular weight excluding hydrogens is 186 g/mol. The van der Waals surface area contributed by atoms with Crippen LogP contribution in [0, 0.1) is 5.41 Å². The lowest BCUT2D eigenvalue weighted by atomic mass is 9.88. The zero-order chi connectivity index (χ0) is 10.9. The Bertz CT molecular complexity index is 424. The van der Waals surface area contributed by atoms with Gasteiger partial charge in [0.1, 0.15) is 5.65 Å². The molecule has 0 aliphatic heterocycles. The zero-order valence-electron chi connectivity index (χ0n) is 9.27. The minimum absolute atomic E-state index is 0.123. The fourth-order valence-electron chi connectivity index (χ4n) is 1.63. The first-order chi connectivity index (χ1) is 7.11. The number of fused-ring (bicyclic) bond motifs is 1. The molecule has 0 atom stereocenters. The van der Waals surface area contributed by atoms with Crippen LogP contribution in [0.25, 0.3) is 5.65 Å². The van der Waals surface area contributed by atoms with Crippen molar-refractivity contribution in [3.05, 3.63) is 36.3 Å². The molecule has 0 amide bonds. The fraction of sp³-hybridized carbons (Fsp3) is 0.417. The highest BCUT2D eigenvalue weighted by Crippen LogP contribution is 2.19. The first kappa shape index (κ1) is 10.2. The maximum Gasteiger partial charge on any atom is 0.136 e. The average molecular weight is 203 g/mol. The summed E-state index contributed by atoms with van der Waals surface area (Å²) >= 11 is 0. The van der Waals surface area contributed by atoms with Gasteiger partial charge in [0.25, 0.3) is 0 Å². The van der Waals surface area contributed by atoms with Crippen LogP contribution in [0.3, 0.4) is 0 Å². The van der Waals surface area contributed by atoms with Crippen molar-refractivity contribution in [2.75, 3.05) is 6.54 Å². The summed E-state index contributed by atoms with van der Waals surface area (Å²) < 4.78 is 2.04. The lowest BCUT2D eigenvalue weighted by Crippen LogP contribution is -2.26. The van der Waals surface area contributed by atoms with Gasteiger partial charge in [-0.25, -0.2) is 4.98 Å². The molecule has 2 aromatic heterocycles. The Hall–Kier alpha value is -1.35. The van der Waals surface area contributed by atoms with Crippen LogP contribution in [0.15, 0.2) is 30.6 Å². The minimum Gasteiger partial charge on any atom is -0.330 e. The molecule has 0 aliphatic rings. The number of hydrogen-bond donors (Lipinski definition) is 1. The number of hydrogen-bond acceptors (Lipinski definition) is 2. The van der Waals surface area contributed by atoms with E-state index in [1.807, 2.05) is 28.8 Å². The van der Waals surface area contributed by atoms with Crippen molar-refractivity contribution in [2.24, 2.45) is 11.1 Å². The van der Waals surface area contributed by atoms with Crippen LogP contribution in [-0.4, -0.2) is 15.9 Å². The summed E-state index contributed by atoms with van der Waals surface area (Å²) in [7, 11) is 0. The number of aromatic nitrogens is 2. The largest absolute Gasteiger partial charge is 0.330 e. The molecule has 80 valence electrons. The van der Waals surface area contributed by atoms with Crippen molar-refractivity contribution >= 4 is 5.65 Å². The molecule has 0 spiro atoms. The van der Waals surface area contributed by atoms with Gasteiger partial charge in [0.15, 0.2) is 0 Å². The van der Waals surface area contributed by atoms with E-state index >= 15 is 0 Å². The van der Waals surface area contributed by atoms with E-state index < -0.39 is 0 Å². The topological polar surface area (TPSA) is 43.3 Å². The third-order valence-electron chi connectivity index (χ3n) is 2.63. The Balaban J connectivity index is 2.30. The standard InChI is InChI=1S/C12H17N3/c1-12(2,9-13)7-10-8-15-6-4-3-5-11(15)14-10/h3-6,8H,7,9,13H2,1-2H3. The van der Waals surface area contributed by atoms with E-state index in [1.165, 1.54) is 0 Å². The molecule has 0 radical (unpaired) electrons. The van der Waals surface area contributed by atoms with Gasteiger partial charge in [-0.2, -0.15) is 0 Å². The molecule has 0 saturated carbocycles. The second-order valence-electron chi connectivity index (χ2n) is 4.74. The van der Waals surface area contributed by atoms with Gasteiger partial charge in [-0.3, -0.25) is 0 Å². The summed E-state index contributed by atoms with van der Waals surface area (Å²) in [5, 5.41) is 0. The molecule has 3 heteroatoms. The summed E-state index contributed by atoms with van der Waals surface area (Å²) in [5.74, 6) is 0. The number of imidazole rings is 1. The Labute approximate surface area is 89.9 Å². The molecule has 2 N–H and O–H groups in total. The number of nitrogens with two attached hydrogens (primary N) is 1. The van der Waals surface area contributed by atoms with Gasteiger partial charge in [-0.15, -0.1) is 0 Å². The van der Waals surface area contributed by atoms with Crippen molar-refractivity contribution in [1.29, 1.82) is 0 Å². The molecule has 3 nitrogen and oxygen atoms in total. The molecule has 0 unspecified atom stereocenters. The van der Waals surface area contributed by atoms with E-state index in [9.17, 15) is 0 Å². The molecular formula is C12H17N3. The predicted octanol–water partition coefficient (Wildman–Crippen LogP) is 1.86. The zero-order valence-corrected chi connectivity index (χ0v) is 9.27. The lowest BCUT2D eigenvalue weighted by Gasteiger charge is -2.20. The van der Waals surface area contributed by atoms with Gasteiger partial charge in [0.2, 0.25) is 0 Å². The van der Waals surface area contributed by atoms with Crippen LogP contribution in [0.1, 0.15) is 19.5 Å². The first-order valence-corrected chi connectivity index (χ1v) is 5.23. The van der Waals surface area contributed by atoms with E-state index in [0.717, 1.165) is 17.8 Å². The van der Waals surface area contributed by atoms with Crippen LogP contribution in [0.5, 0.6) is 0 Å². The maximum atomic E-state index is 5.71. The summed E-state index contributed by atoms with van der Waals surface area (Å²) in [6.45, 7) is 5.01. The van der Waals surface area contributed by atoms with Gasteiger partial charge in [0, 0.05) is 12.4 Å². The molecule has 0 aromatic carbocycles. The van der Waals surface area contributed by atoms with Crippen LogP contribution < -0.4 is 5.73 Å². The fourth-order valence-corrected chi connectivity index (χ4v) is 1.63. The smallest absolute Gasteiger partial charge is 0.136 e. The Morgan fingerprint density at radius 3 is 2.87 bits per heavy atom. The summed E-state index contributed by atoms with van der Waals surface area (Å²) in [6.07, 6.45) is 5.01. The highest BCUT2D eigenvalue weighted by Gasteiger charge is 2.17. The molecule has 0 saturated heterocycles. The van der Waals surface area contributed by atoms with Gasteiger partial charge in [-0.05, 0) is 30.5 Å². The quantitative estimate of drug-likeness (QED) is 0.827. The average Bonchev–Trinajstić information content (AvgIpc) is 2.58. The third-order valence-corrected chi connectivity index (χ3v) is 2.63. The van der Waals surface area contributed by atoms with E-state index in [4.69, 9.17) is 5.73 Å². The van der Waals surface area contributed by atoms with E-state index in [0.29, 0.717) is 6.54 Å². The lowest BCUT2D eigenvalue weighted by molar-refractivity contribution is 0.373. The van der Waals surface area contributed by atoms with Crippen LogP contribution in [0.2, 0.25) is 0 Å². The predicted molar refractivity (Wildman–Crippen MR) is 61.7 cm³/mol. The van der Waals surface area contributed by atoms with Gasteiger partial charge in [0.05, 0.1) is 5.69 Å². The Morgan fingerprint density at radius 2 is 2.20 bits per heavy atom. The monoisotopic (exact) mass is 203 g/mol. The van der Waals surface area contributed by atoms with E-state index in [-0.39, 0.29) is 5.41 Å². The Morgan fingerprint density at radius 1 is 1.40 bits per heavy atom. The molecule has 2 heterocycles. The summed E-state index contributed by atoms with van der Waals surface area (Å²) in [5.41, 5.74) is 7.95. The normalized spacial score (nSPS) is 12.2. The van der Waals surface area contributed by atoms with Crippen molar-refractivity contribution < 1.29 is 0 Å².